The lowest BCUT2D eigenvalue weighted by molar-refractivity contribution is -0.154. The van der Waals surface area contributed by atoms with Crippen LogP contribution < -0.4 is 19.9 Å². The zero-order valence-corrected chi connectivity index (χ0v) is 29.5. The maximum absolute atomic E-state index is 14.6. The monoisotopic (exact) mass is 727 g/mol. The number of carboxylic acids is 1. The predicted molar refractivity (Wildman–Crippen MR) is 186 cm³/mol. The van der Waals surface area contributed by atoms with Gasteiger partial charge in [0.25, 0.3) is 17.6 Å². The van der Waals surface area contributed by atoms with E-state index in [9.17, 15) is 43.5 Å². The molecular weight excluding hydrogens is 690 g/mol. The fraction of sp³-hybridized carbons (Fsp3) is 0.263. The zero-order valence-electron chi connectivity index (χ0n) is 29.5. The van der Waals surface area contributed by atoms with Gasteiger partial charge in [-0.3, -0.25) is 33.6 Å². The molecule has 15 nitrogen and oxygen atoms in total. The van der Waals surface area contributed by atoms with Gasteiger partial charge in [0.1, 0.15) is 6.04 Å². The number of hydrogen-bond acceptors (Lipinski definition) is 12. The van der Waals surface area contributed by atoms with Crippen LogP contribution in [0.1, 0.15) is 56.1 Å². The highest BCUT2D eigenvalue weighted by atomic mass is 16.6. The van der Waals surface area contributed by atoms with E-state index in [0.717, 1.165) is 42.7 Å². The van der Waals surface area contributed by atoms with Crippen LogP contribution >= 0.6 is 0 Å². The average molecular weight is 728 g/mol. The minimum atomic E-state index is -2.66. The van der Waals surface area contributed by atoms with Gasteiger partial charge in [0.15, 0.2) is 22.8 Å². The van der Waals surface area contributed by atoms with Crippen LogP contribution in [0.5, 0.6) is 17.2 Å². The molecule has 15 heteroatoms. The van der Waals surface area contributed by atoms with Gasteiger partial charge < -0.3 is 34.9 Å². The van der Waals surface area contributed by atoms with Crippen molar-refractivity contribution in [2.45, 2.75) is 52.6 Å². The standard InChI is InChI=1S/C38H37N3O12/c1-21(2)32-36(48)40(20-31(45)38(39,34(46)37(49)50)18-25-12-8-6-9-13-25)28(19-41(32)35(47)26-14-10-7-11-15-26)27-16-29(51-22(3)42)33(53-24(5)44)30(17-27)52-23(4)43/h6-17,19,21,32H,18,20,39H2,1-5H3,(H,49,50)/t32?,38-/m0/s1. The number of Topliss-reactive ketones (excluding diaryl/α,β-unsaturated/α-hetero) is 2. The molecule has 3 aromatic carbocycles. The van der Waals surface area contributed by atoms with Crippen LogP contribution in [-0.4, -0.2) is 80.3 Å². The van der Waals surface area contributed by atoms with Gasteiger partial charge in [0.05, 0.1) is 12.2 Å². The largest absolute Gasteiger partial charge is 0.475 e. The van der Waals surface area contributed by atoms with E-state index in [0.29, 0.717) is 5.56 Å². The number of carboxylic acid groups (broad SMARTS) is 1. The van der Waals surface area contributed by atoms with E-state index in [4.69, 9.17) is 19.9 Å². The Kier molecular flexibility index (Phi) is 12.0. The summed E-state index contributed by atoms with van der Waals surface area (Å²) in [5.41, 5.74) is 3.95. The van der Waals surface area contributed by atoms with Gasteiger partial charge in [-0.2, -0.15) is 0 Å². The molecule has 276 valence electrons. The van der Waals surface area contributed by atoms with Gasteiger partial charge >= 0.3 is 23.9 Å². The summed E-state index contributed by atoms with van der Waals surface area (Å²) in [5.74, 6) is -10.8. The third-order valence-electron chi connectivity index (χ3n) is 8.05. The summed E-state index contributed by atoms with van der Waals surface area (Å²) >= 11 is 0. The number of hydrogen-bond donors (Lipinski definition) is 2. The van der Waals surface area contributed by atoms with Gasteiger partial charge in [0.2, 0.25) is 5.75 Å². The van der Waals surface area contributed by atoms with Crippen molar-refractivity contribution in [1.29, 1.82) is 0 Å². The van der Waals surface area contributed by atoms with E-state index < -0.39 is 95.0 Å². The Balaban J connectivity index is 2.00. The number of ether oxygens (including phenoxy) is 3. The number of amides is 2. The summed E-state index contributed by atoms with van der Waals surface area (Å²) < 4.78 is 15.8. The molecule has 0 saturated heterocycles. The Morgan fingerprint density at radius 2 is 1.32 bits per heavy atom. The average Bonchev–Trinajstić information content (AvgIpc) is 3.09. The van der Waals surface area contributed by atoms with E-state index in [1.165, 1.54) is 18.3 Å². The Morgan fingerprint density at radius 1 is 0.811 bits per heavy atom. The third-order valence-corrected chi connectivity index (χ3v) is 8.05. The van der Waals surface area contributed by atoms with Crippen molar-refractivity contribution < 1.29 is 57.7 Å². The fourth-order valence-corrected chi connectivity index (χ4v) is 5.72. The maximum Gasteiger partial charge on any atom is 0.374 e. The van der Waals surface area contributed by atoms with E-state index in [1.807, 2.05) is 0 Å². The van der Waals surface area contributed by atoms with Crippen LogP contribution in [0.3, 0.4) is 0 Å². The smallest absolute Gasteiger partial charge is 0.374 e. The van der Waals surface area contributed by atoms with Gasteiger partial charge in [0, 0.05) is 44.5 Å². The van der Waals surface area contributed by atoms with E-state index in [2.05, 4.69) is 0 Å². The van der Waals surface area contributed by atoms with Crippen molar-refractivity contribution in [2.75, 3.05) is 6.54 Å². The third kappa shape index (κ3) is 8.88. The van der Waals surface area contributed by atoms with Crippen LogP contribution in [0.15, 0.2) is 79.0 Å². The number of ketones is 2. The van der Waals surface area contributed by atoms with E-state index >= 15 is 0 Å². The minimum absolute atomic E-state index is 0.0992. The molecule has 3 aromatic rings. The van der Waals surface area contributed by atoms with Crippen LogP contribution in [0, 0.1) is 5.92 Å². The molecule has 2 atom stereocenters. The van der Waals surface area contributed by atoms with Crippen LogP contribution in [-0.2, 0) is 40.0 Å². The SMILES string of the molecule is CC(=O)Oc1cc(C2=CN(C(=O)c3ccccc3)C(C(C)C)C(=O)N2CC(=O)[C@@](N)(Cc2ccccc2)C(=O)C(=O)O)cc(OC(C)=O)c1OC(C)=O. The second kappa shape index (κ2) is 16.2. The lowest BCUT2D eigenvalue weighted by atomic mass is 9.82. The highest BCUT2D eigenvalue weighted by molar-refractivity contribution is 6.42. The molecule has 1 aliphatic rings. The zero-order chi connectivity index (χ0) is 39.2. The molecule has 0 spiro atoms. The van der Waals surface area contributed by atoms with Crippen molar-refractivity contribution in [3.05, 3.63) is 95.7 Å². The summed E-state index contributed by atoms with van der Waals surface area (Å²) in [6.45, 7) is 5.49. The van der Waals surface area contributed by atoms with E-state index in [-0.39, 0.29) is 16.8 Å². The Labute approximate surface area is 303 Å². The Morgan fingerprint density at radius 3 is 1.79 bits per heavy atom. The van der Waals surface area contributed by atoms with Crippen LogP contribution in [0.2, 0.25) is 0 Å². The van der Waals surface area contributed by atoms with E-state index in [1.54, 1.807) is 62.4 Å². The molecule has 0 aromatic heterocycles. The maximum atomic E-state index is 14.6. The van der Waals surface area contributed by atoms with Crippen molar-refractivity contribution >= 4 is 53.0 Å². The Bertz CT molecular complexity index is 1970. The molecule has 0 saturated carbocycles. The molecule has 1 heterocycles. The first-order valence-electron chi connectivity index (χ1n) is 16.2. The summed E-state index contributed by atoms with van der Waals surface area (Å²) in [4.78, 5) is 106. The first-order valence-corrected chi connectivity index (χ1v) is 16.2. The van der Waals surface area contributed by atoms with Crippen molar-refractivity contribution in [3.63, 3.8) is 0 Å². The number of carbonyl (C=O) groups is 8. The summed E-state index contributed by atoms with van der Waals surface area (Å²) in [5, 5.41) is 9.71. The van der Waals surface area contributed by atoms with Gasteiger partial charge in [-0.1, -0.05) is 62.4 Å². The van der Waals surface area contributed by atoms with Gasteiger partial charge in [-0.25, -0.2) is 4.79 Å². The molecule has 1 aliphatic heterocycles. The summed E-state index contributed by atoms with van der Waals surface area (Å²) in [6, 6.07) is 17.0. The molecule has 0 fully saturated rings. The Hall–Kier alpha value is -6.48. The van der Waals surface area contributed by atoms with Crippen molar-refractivity contribution in [2.24, 2.45) is 11.7 Å². The molecular formula is C38H37N3O12. The molecule has 0 radical (unpaired) electrons. The molecule has 0 bridgehead atoms. The highest BCUT2D eigenvalue weighted by Gasteiger charge is 2.48. The molecule has 4 rings (SSSR count). The first kappa shape index (κ1) is 39.3. The quantitative estimate of drug-likeness (QED) is 0.112. The number of rotatable bonds is 13. The van der Waals surface area contributed by atoms with Crippen molar-refractivity contribution in [3.8, 4) is 17.2 Å². The van der Waals surface area contributed by atoms with Crippen LogP contribution in [0.25, 0.3) is 5.70 Å². The fourth-order valence-electron chi connectivity index (χ4n) is 5.72. The van der Waals surface area contributed by atoms with Gasteiger partial charge in [-0.15, -0.1) is 0 Å². The van der Waals surface area contributed by atoms with Crippen molar-refractivity contribution in [1.82, 2.24) is 9.80 Å². The summed E-state index contributed by atoms with van der Waals surface area (Å²) in [7, 11) is 0. The minimum Gasteiger partial charge on any atom is -0.475 e. The molecule has 3 N–H and O–H groups in total. The summed E-state index contributed by atoms with van der Waals surface area (Å²) in [6.07, 6.45) is 0.717. The normalized spacial score (nSPS) is 15.2. The second-order valence-electron chi connectivity index (χ2n) is 12.5. The highest BCUT2D eigenvalue weighted by Crippen LogP contribution is 2.43. The molecule has 0 aliphatic carbocycles. The first-order chi connectivity index (χ1) is 24.9. The molecule has 1 unspecified atom stereocenters. The molecule has 2 amide bonds. The lowest BCUT2D eigenvalue weighted by Gasteiger charge is -2.42. The number of nitrogens with two attached hydrogens (primary N) is 1. The van der Waals surface area contributed by atoms with Gasteiger partial charge in [-0.05, 0) is 35.7 Å². The number of carbonyl (C=O) groups excluding carboxylic acids is 7. The number of esters is 3. The van der Waals surface area contributed by atoms with Crippen LogP contribution in [0.4, 0.5) is 0 Å². The molecule has 53 heavy (non-hydrogen) atoms. The predicted octanol–water partition coefficient (Wildman–Crippen LogP) is 2.93. The second-order valence-corrected chi connectivity index (χ2v) is 12.5. The lowest BCUT2D eigenvalue weighted by Crippen LogP contribution is -2.63. The number of benzene rings is 3. The topological polar surface area (TPSA) is 217 Å². The number of aliphatic carboxylic acids is 1. The number of nitrogens with zero attached hydrogens (tertiary/aromatic N) is 2.